The molecule has 4 rings (SSSR count). The number of pyridine rings is 2. The number of hydrogen-bond donors (Lipinski definition) is 1. The smallest absolute Gasteiger partial charge is 0.167 e. The predicted octanol–water partition coefficient (Wildman–Crippen LogP) is 5.12. The Morgan fingerprint density at radius 2 is 1.97 bits per heavy atom. The summed E-state index contributed by atoms with van der Waals surface area (Å²) in [6, 6.07) is 5.90. The number of nitrogens with one attached hydrogen (secondary N) is 1. The molecule has 0 spiro atoms. The largest absolute Gasteiger partial charge is 0.383 e. The normalized spacial score (nSPS) is 11.2. The molecule has 0 aliphatic heterocycles. The van der Waals surface area contributed by atoms with Crippen LogP contribution in [0.25, 0.3) is 22.3 Å². The fourth-order valence-corrected chi connectivity index (χ4v) is 3.21. The van der Waals surface area contributed by atoms with Crippen LogP contribution in [0.3, 0.4) is 0 Å². The second-order valence-electron chi connectivity index (χ2n) is 6.73. The van der Waals surface area contributed by atoms with Gasteiger partial charge in [-0.15, -0.1) is 0 Å². The van der Waals surface area contributed by atoms with Gasteiger partial charge in [0.05, 0.1) is 31.2 Å². The van der Waals surface area contributed by atoms with Crippen molar-refractivity contribution >= 4 is 34.0 Å². The summed E-state index contributed by atoms with van der Waals surface area (Å²) in [7, 11) is 1.60. The zero-order valence-electron chi connectivity index (χ0n) is 16.3. The van der Waals surface area contributed by atoms with Gasteiger partial charge < -0.3 is 10.1 Å². The van der Waals surface area contributed by atoms with E-state index in [1.165, 1.54) is 18.2 Å². The molecule has 0 atom stereocenters. The van der Waals surface area contributed by atoms with Gasteiger partial charge in [0.2, 0.25) is 0 Å². The quantitative estimate of drug-likeness (QED) is 0.460. The number of rotatable bonds is 6. The number of aryl methyl sites for hydroxylation is 1. The van der Waals surface area contributed by atoms with Crippen molar-refractivity contribution < 1.29 is 13.5 Å². The summed E-state index contributed by atoms with van der Waals surface area (Å²) >= 11 is 6.01. The van der Waals surface area contributed by atoms with Gasteiger partial charge in [0, 0.05) is 29.6 Å². The van der Waals surface area contributed by atoms with E-state index in [9.17, 15) is 8.78 Å². The van der Waals surface area contributed by atoms with E-state index in [-0.39, 0.29) is 11.3 Å². The molecular formula is C21H18ClF2N5O. The van der Waals surface area contributed by atoms with Crippen LogP contribution in [0.15, 0.2) is 42.9 Å². The van der Waals surface area contributed by atoms with Crippen molar-refractivity contribution in [3.63, 3.8) is 0 Å². The molecule has 6 nitrogen and oxygen atoms in total. The molecule has 0 fully saturated rings. The second-order valence-corrected chi connectivity index (χ2v) is 7.17. The van der Waals surface area contributed by atoms with Gasteiger partial charge in [0.15, 0.2) is 5.82 Å². The van der Waals surface area contributed by atoms with Gasteiger partial charge in [0.25, 0.3) is 0 Å². The number of methoxy groups -OCH3 is 1. The Morgan fingerprint density at radius 1 is 1.13 bits per heavy atom. The zero-order valence-corrected chi connectivity index (χ0v) is 17.0. The number of benzene rings is 1. The fraction of sp³-hybridized carbons (Fsp3) is 0.190. The molecule has 154 valence electrons. The Hall–Kier alpha value is -3.10. The fourth-order valence-electron chi connectivity index (χ4n) is 3.04. The lowest BCUT2D eigenvalue weighted by atomic mass is 10.1. The molecule has 0 amide bonds. The van der Waals surface area contributed by atoms with Crippen LogP contribution in [-0.4, -0.2) is 33.5 Å². The number of hydrogen-bond acceptors (Lipinski definition) is 5. The Balaban J connectivity index is 1.75. The van der Waals surface area contributed by atoms with Crippen molar-refractivity contribution in [2.45, 2.75) is 13.5 Å². The molecule has 0 aliphatic rings. The van der Waals surface area contributed by atoms with E-state index in [0.29, 0.717) is 40.6 Å². The molecule has 0 aliphatic carbocycles. The number of ether oxygens (including phenoxy) is 1. The number of aromatic nitrogens is 4. The van der Waals surface area contributed by atoms with E-state index in [1.807, 2.05) is 6.92 Å². The van der Waals surface area contributed by atoms with E-state index in [0.717, 1.165) is 11.8 Å². The van der Waals surface area contributed by atoms with Crippen LogP contribution < -0.4 is 5.32 Å². The molecule has 0 radical (unpaired) electrons. The number of anilines is 2. The van der Waals surface area contributed by atoms with E-state index in [1.54, 1.807) is 30.3 Å². The third-order valence-electron chi connectivity index (χ3n) is 4.63. The Kier molecular flexibility index (Phi) is 5.61. The van der Waals surface area contributed by atoms with Gasteiger partial charge in [-0.05, 0) is 36.8 Å². The first-order valence-electron chi connectivity index (χ1n) is 9.16. The minimum Gasteiger partial charge on any atom is -0.383 e. The number of fused-ring (bicyclic) bond motifs is 1. The van der Waals surface area contributed by atoms with Gasteiger partial charge in [0.1, 0.15) is 22.5 Å². The summed E-state index contributed by atoms with van der Waals surface area (Å²) in [5, 5.41) is 7.90. The van der Waals surface area contributed by atoms with Crippen LogP contribution in [0, 0.1) is 18.6 Å². The molecule has 9 heteroatoms. The lowest BCUT2D eigenvalue weighted by molar-refractivity contribution is 0.184. The molecule has 1 aromatic carbocycles. The molecule has 0 saturated carbocycles. The van der Waals surface area contributed by atoms with Crippen molar-refractivity contribution in [2.24, 2.45) is 0 Å². The average Bonchev–Trinajstić information content (AvgIpc) is 3.15. The van der Waals surface area contributed by atoms with Gasteiger partial charge in [-0.25, -0.2) is 13.8 Å². The topological polar surface area (TPSA) is 64.9 Å². The summed E-state index contributed by atoms with van der Waals surface area (Å²) in [5.74, 6) is -0.998. The maximum atomic E-state index is 14.6. The van der Waals surface area contributed by atoms with Crippen LogP contribution in [-0.2, 0) is 11.3 Å². The highest BCUT2D eigenvalue weighted by Crippen LogP contribution is 2.32. The standard InChI is InChI=1S/C21H18ClF2N5O/c1-12-9-25-18(14-7-13(22)3-4-15(14)23)8-17(12)27-20-16(24)10-26-19-11-29(5-6-30-2)28-21(19)20/h3-4,7-11H,5-6H2,1-2H3,(H,25,27). The van der Waals surface area contributed by atoms with E-state index >= 15 is 0 Å². The third kappa shape index (κ3) is 3.96. The Bertz CT molecular complexity index is 1230. The van der Waals surface area contributed by atoms with Crippen LogP contribution in [0.1, 0.15) is 5.56 Å². The number of nitrogens with zero attached hydrogens (tertiary/aromatic N) is 4. The molecule has 1 N–H and O–H groups in total. The van der Waals surface area contributed by atoms with Gasteiger partial charge in [-0.2, -0.15) is 5.10 Å². The van der Waals surface area contributed by atoms with Crippen LogP contribution >= 0.6 is 11.6 Å². The monoisotopic (exact) mass is 429 g/mol. The first kappa shape index (κ1) is 20.2. The maximum Gasteiger partial charge on any atom is 0.167 e. The minimum absolute atomic E-state index is 0.183. The molecule has 0 unspecified atom stereocenters. The Morgan fingerprint density at radius 3 is 2.77 bits per heavy atom. The highest BCUT2D eigenvalue weighted by atomic mass is 35.5. The second kappa shape index (κ2) is 8.33. The molecular weight excluding hydrogens is 412 g/mol. The average molecular weight is 430 g/mol. The van der Waals surface area contributed by atoms with Gasteiger partial charge in [-0.3, -0.25) is 9.67 Å². The molecule has 0 saturated heterocycles. The lowest BCUT2D eigenvalue weighted by Gasteiger charge is -2.13. The molecule has 30 heavy (non-hydrogen) atoms. The molecule has 3 heterocycles. The lowest BCUT2D eigenvalue weighted by Crippen LogP contribution is -2.04. The van der Waals surface area contributed by atoms with Crippen LogP contribution in [0.5, 0.6) is 0 Å². The van der Waals surface area contributed by atoms with Crippen molar-refractivity contribution in [1.29, 1.82) is 0 Å². The summed E-state index contributed by atoms with van der Waals surface area (Å²) in [4.78, 5) is 8.40. The van der Waals surface area contributed by atoms with Crippen molar-refractivity contribution in [3.05, 3.63) is 65.1 Å². The van der Waals surface area contributed by atoms with Crippen molar-refractivity contribution in [1.82, 2.24) is 19.7 Å². The maximum absolute atomic E-state index is 14.6. The van der Waals surface area contributed by atoms with Crippen LogP contribution in [0.2, 0.25) is 5.02 Å². The van der Waals surface area contributed by atoms with Gasteiger partial charge in [-0.1, -0.05) is 11.6 Å². The Labute approximate surface area is 176 Å². The molecule has 4 aromatic rings. The highest BCUT2D eigenvalue weighted by molar-refractivity contribution is 6.30. The summed E-state index contributed by atoms with van der Waals surface area (Å²) in [6.07, 6.45) is 4.46. The van der Waals surface area contributed by atoms with Crippen molar-refractivity contribution in [3.8, 4) is 11.3 Å². The number of halogens is 3. The van der Waals surface area contributed by atoms with E-state index < -0.39 is 11.6 Å². The van der Waals surface area contributed by atoms with Gasteiger partial charge >= 0.3 is 0 Å². The first-order valence-corrected chi connectivity index (χ1v) is 9.53. The zero-order chi connectivity index (χ0) is 21.3. The molecule has 0 bridgehead atoms. The highest BCUT2D eigenvalue weighted by Gasteiger charge is 2.16. The van der Waals surface area contributed by atoms with E-state index in [4.69, 9.17) is 16.3 Å². The summed E-state index contributed by atoms with van der Waals surface area (Å²) in [6.45, 7) is 2.80. The third-order valence-corrected chi connectivity index (χ3v) is 4.86. The SMILES string of the molecule is COCCn1cc2ncc(F)c(Nc3cc(-c4cc(Cl)ccc4F)ncc3C)c2n1. The first-order chi connectivity index (χ1) is 14.5. The molecule has 3 aromatic heterocycles. The predicted molar refractivity (Wildman–Crippen MR) is 112 cm³/mol. The summed E-state index contributed by atoms with van der Waals surface area (Å²) < 4.78 is 35.6. The van der Waals surface area contributed by atoms with Crippen LogP contribution in [0.4, 0.5) is 20.2 Å². The summed E-state index contributed by atoms with van der Waals surface area (Å²) in [5.41, 5.74) is 3.07. The van der Waals surface area contributed by atoms with Crippen molar-refractivity contribution in [2.75, 3.05) is 19.0 Å². The minimum atomic E-state index is -0.550. The van der Waals surface area contributed by atoms with E-state index in [2.05, 4.69) is 20.4 Å².